The fraction of sp³-hybridized carbons (Fsp3) is 0.190. The van der Waals surface area contributed by atoms with E-state index in [0.29, 0.717) is 36.0 Å². The molecule has 0 amide bonds. The van der Waals surface area contributed by atoms with Gasteiger partial charge in [0, 0.05) is 40.3 Å². The van der Waals surface area contributed by atoms with Crippen LogP contribution in [0.1, 0.15) is 41.2 Å². The largest absolute Gasteiger partial charge is 0.493 e. The van der Waals surface area contributed by atoms with Crippen molar-refractivity contribution in [3.63, 3.8) is 0 Å². The van der Waals surface area contributed by atoms with Crippen LogP contribution in [0.25, 0.3) is 5.76 Å². The first kappa shape index (κ1) is 36.6. The molecular weight excluding hydrogens is 632 g/mol. The number of benzene rings is 4. The third kappa shape index (κ3) is 12.4. The minimum absolute atomic E-state index is 0.152. The fourth-order valence-electron chi connectivity index (χ4n) is 4.10. The van der Waals surface area contributed by atoms with E-state index in [-0.39, 0.29) is 26.4 Å². The Balaban J connectivity index is 1.20. The zero-order valence-electron chi connectivity index (χ0n) is 27.9. The zero-order chi connectivity index (χ0) is 35.6. The molecule has 0 aliphatic rings. The summed E-state index contributed by atoms with van der Waals surface area (Å²) in [6.07, 6.45) is 1.66. The van der Waals surface area contributed by atoms with Gasteiger partial charge in [-0.1, -0.05) is 36.8 Å². The molecule has 4 aromatic rings. The van der Waals surface area contributed by atoms with E-state index in [1.54, 1.807) is 6.92 Å². The van der Waals surface area contributed by atoms with Gasteiger partial charge < -0.3 is 28.8 Å². The lowest BCUT2D eigenvalue weighted by Crippen LogP contribution is -2.19. The lowest BCUT2D eigenvalue weighted by atomic mass is 10.1. The smallest absolute Gasteiger partial charge is 0.330 e. The number of rotatable bonds is 15. The standard InChI is InChI=1S/C42H38O8/c1-4-41(44)48-29-28-47-38-20-14-35(15-21-38)12-10-33-6-8-34(9-7-33)11-13-36-16-22-40(23-17-36)50-32(3)37-18-24-39(25-19-37)46-26-5-27-49-42(45)31(2)30-43/h4,6-9,14-25,31,43H,1,3,5,26-30H2,2H3. The predicted octanol–water partition coefficient (Wildman–Crippen LogP) is 6.58. The quantitative estimate of drug-likeness (QED) is 0.0498. The van der Waals surface area contributed by atoms with Crippen molar-refractivity contribution in [2.45, 2.75) is 13.3 Å². The van der Waals surface area contributed by atoms with Crippen molar-refractivity contribution in [1.82, 2.24) is 0 Å². The summed E-state index contributed by atoms with van der Waals surface area (Å²) in [5.74, 6) is 13.7. The molecule has 1 N–H and O–H groups in total. The highest BCUT2D eigenvalue weighted by Crippen LogP contribution is 2.22. The number of hydrogen-bond acceptors (Lipinski definition) is 8. The summed E-state index contributed by atoms with van der Waals surface area (Å²) in [6, 6.07) is 30.0. The lowest BCUT2D eigenvalue weighted by molar-refractivity contribution is -0.149. The Morgan fingerprint density at radius 1 is 0.660 bits per heavy atom. The highest BCUT2D eigenvalue weighted by atomic mass is 16.6. The summed E-state index contributed by atoms with van der Waals surface area (Å²) >= 11 is 0. The van der Waals surface area contributed by atoms with Gasteiger partial charge in [-0.25, -0.2) is 4.79 Å². The molecule has 0 radical (unpaired) electrons. The molecule has 0 bridgehead atoms. The fourth-order valence-corrected chi connectivity index (χ4v) is 4.10. The van der Waals surface area contributed by atoms with Crippen LogP contribution in [0.5, 0.6) is 17.2 Å². The van der Waals surface area contributed by atoms with Gasteiger partial charge in [-0.15, -0.1) is 0 Å². The minimum atomic E-state index is -0.524. The normalized spacial score (nSPS) is 10.6. The zero-order valence-corrected chi connectivity index (χ0v) is 27.9. The van der Waals surface area contributed by atoms with Crippen molar-refractivity contribution >= 4 is 17.7 Å². The Morgan fingerprint density at radius 3 is 1.62 bits per heavy atom. The van der Waals surface area contributed by atoms with Crippen LogP contribution in [0.15, 0.2) is 116 Å². The Morgan fingerprint density at radius 2 is 1.12 bits per heavy atom. The van der Waals surface area contributed by atoms with Crippen LogP contribution in [0, 0.1) is 29.6 Å². The van der Waals surface area contributed by atoms with Crippen LogP contribution in [0.4, 0.5) is 0 Å². The highest BCUT2D eigenvalue weighted by Gasteiger charge is 2.12. The number of carbonyl (C=O) groups excluding carboxylic acids is 2. The van der Waals surface area contributed by atoms with Crippen LogP contribution in [-0.4, -0.2) is 50.1 Å². The van der Waals surface area contributed by atoms with E-state index in [0.717, 1.165) is 33.9 Å². The van der Waals surface area contributed by atoms with Crippen LogP contribution in [-0.2, 0) is 19.1 Å². The van der Waals surface area contributed by atoms with Crippen molar-refractivity contribution in [3.8, 4) is 40.9 Å². The molecular formula is C42H38O8. The van der Waals surface area contributed by atoms with E-state index in [4.69, 9.17) is 28.8 Å². The van der Waals surface area contributed by atoms with Crippen molar-refractivity contribution in [2.24, 2.45) is 5.92 Å². The number of aliphatic hydroxyl groups is 1. The number of esters is 2. The summed E-state index contributed by atoms with van der Waals surface area (Å²) in [7, 11) is 0. The molecule has 50 heavy (non-hydrogen) atoms. The highest BCUT2D eigenvalue weighted by molar-refractivity contribution is 5.81. The average Bonchev–Trinajstić information content (AvgIpc) is 3.15. The molecule has 0 aliphatic heterocycles. The number of ether oxygens (including phenoxy) is 5. The van der Waals surface area contributed by atoms with E-state index < -0.39 is 17.9 Å². The van der Waals surface area contributed by atoms with Gasteiger partial charge >= 0.3 is 11.9 Å². The third-order valence-electron chi connectivity index (χ3n) is 6.95. The van der Waals surface area contributed by atoms with Gasteiger partial charge in [0.25, 0.3) is 0 Å². The molecule has 0 saturated heterocycles. The van der Waals surface area contributed by atoms with E-state index >= 15 is 0 Å². The number of hydrogen-bond donors (Lipinski definition) is 1. The van der Waals surface area contributed by atoms with E-state index in [9.17, 15) is 9.59 Å². The molecule has 1 atom stereocenters. The predicted molar refractivity (Wildman–Crippen MR) is 191 cm³/mol. The number of aliphatic hydroxyl groups excluding tert-OH is 1. The Hall–Kier alpha value is -6.22. The van der Waals surface area contributed by atoms with Gasteiger partial charge in [-0.2, -0.15) is 0 Å². The molecule has 0 aromatic heterocycles. The van der Waals surface area contributed by atoms with Gasteiger partial charge in [0.1, 0.15) is 36.2 Å². The molecule has 0 fully saturated rings. The molecule has 4 aromatic carbocycles. The SMILES string of the molecule is C=CC(=O)OCCOc1ccc(C#Cc2ccc(C#Cc3ccc(OC(=C)c4ccc(OCCCOC(=O)C(C)CO)cc4)cc3)cc2)cc1. The molecule has 0 aliphatic carbocycles. The van der Waals surface area contributed by atoms with Crippen molar-refractivity contribution in [1.29, 1.82) is 0 Å². The van der Waals surface area contributed by atoms with Gasteiger partial charge in [0.05, 0.1) is 25.7 Å². The summed E-state index contributed by atoms with van der Waals surface area (Å²) < 4.78 is 27.2. The Bertz CT molecular complexity index is 1850. The van der Waals surface area contributed by atoms with Crippen molar-refractivity contribution in [2.75, 3.05) is 33.0 Å². The van der Waals surface area contributed by atoms with Crippen LogP contribution in [0.3, 0.4) is 0 Å². The molecule has 0 heterocycles. The molecule has 1 unspecified atom stereocenters. The Labute approximate surface area is 292 Å². The van der Waals surface area contributed by atoms with E-state index in [2.05, 4.69) is 36.8 Å². The third-order valence-corrected chi connectivity index (χ3v) is 6.95. The topological polar surface area (TPSA) is 101 Å². The molecule has 4 rings (SSSR count). The second-order valence-electron chi connectivity index (χ2n) is 10.8. The molecule has 254 valence electrons. The maximum absolute atomic E-state index is 11.6. The van der Waals surface area contributed by atoms with Gasteiger partial charge in [-0.3, -0.25) is 4.79 Å². The first-order valence-electron chi connectivity index (χ1n) is 16.0. The second kappa shape index (κ2) is 19.6. The molecule has 8 heteroatoms. The second-order valence-corrected chi connectivity index (χ2v) is 10.8. The van der Waals surface area contributed by atoms with Gasteiger partial charge in [-0.05, 0) is 104 Å². The first-order chi connectivity index (χ1) is 24.3. The van der Waals surface area contributed by atoms with Crippen molar-refractivity contribution in [3.05, 3.63) is 144 Å². The van der Waals surface area contributed by atoms with Gasteiger partial charge in [0.15, 0.2) is 0 Å². The molecule has 0 spiro atoms. The van der Waals surface area contributed by atoms with Crippen molar-refractivity contribution < 1.29 is 38.4 Å². The van der Waals surface area contributed by atoms with Crippen LogP contribution >= 0.6 is 0 Å². The molecule has 8 nitrogen and oxygen atoms in total. The molecule has 0 saturated carbocycles. The maximum atomic E-state index is 11.6. The average molecular weight is 671 g/mol. The minimum Gasteiger partial charge on any atom is -0.493 e. The lowest BCUT2D eigenvalue weighted by Gasteiger charge is -2.11. The summed E-state index contributed by atoms with van der Waals surface area (Å²) in [6.45, 7) is 9.81. The maximum Gasteiger partial charge on any atom is 0.330 e. The van der Waals surface area contributed by atoms with E-state index in [1.807, 2.05) is 97.1 Å². The summed E-state index contributed by atoms with van der Waals surface area (Å²) in [5, 5.41) is 8.98. The summed E-state index contributed by atoms with van der Waals surface area (Å²) in [5.41, 5.74) is 4.24. The summed E-state index contributed by atoms with van der Waals surface area (Å²) in [4.78, 5) is 22.6. The van der Waals surface area contributed by atoms with Crippen LogP contribution in [0.2, 0.25) is 0 Å². The van der Waals surface area contributed by atoms with Crippen LogP contribution < -0.4 is 14.2 Å². The Kier molecular flexibility index (Phi) is 14.3. The van der Waals surface area contributed by atoms with Gasteiger partial charge in [0.2, 0.25) is 0 Å². The number of carbonyl (C=O) groups is 2. The monoisotopic (exact) mass is 670 g/mol. The van der Waals surface area contributed by atoms with E-state index in [1.165, 1.54) is 0 Å². The first-order valence-corrected chi connectivity index (χ1v) is 16.0.